The Hall–Kier alpha value is -1.16. The highest BCUT2D eigenvalue weighted by Crippen LogP contribution is 2.30. The highest BCUT2D eigenvalue weighted by molar-refractivity contribution is 5.26. The summed E-state index contributed by atoms with van der Waals surface area (Å²) >= 11 is 0. The number of hydrogen-bond acceptors (Lipinski definition) is 3. The molecule has 2 aliphatic rings. The summed E-state index contributed by atoms with van der Waals surface area (Å²) in [6, 6.07) is 2.15. The van der Waals surface area contributed by atoms with E-state index in [9.17, 15) is 4.39 Å². The van der Waals surface area contributed by atoms with E-state index in [-0.39, 0.29) is 11.9 Å². The van der Waals surface area contributed by atoms with Gasteiger partial charge in [0.05, 0.1) is 6.20 Å². The molecule has 1 aromatic rings. The standard InChI is InChI=1S/C17H25FN2O/c1-2-12-4-3-5-16(8-12)21-17-13(9-14(18)11-20-17)10-19-15-6-7-15/h9,11-12,15-16,19H,2-8,10H2,1H3. The lowest BCUT2D eigenvalue weighted by Crippen LogP contribution is -2.26. The van der Waals surface area contributed by atoms with Crippen LogP contribution in [0, 0.1) is 11.7 Å². The molecule has 0 bridgehead atoms. The van der Waals surface area contributed by atoms with Gasteiger partial charge in [-0.3, -0.25) is 0 Å². The van der Waals surface area contributed by atoms with Crippen LogP contribution in [-0.4, -0.2) is 17.1 Å². The molecule has 1 aromatic heterocycles. The van der Waals surface area contributed by atoms with Crippen LogP contribution in [0.5, 0.6) is 5.88 Å². The van der Waals surface area contributed by atoms with Crippen molar-refractivity contribution in [2.45, 2.75) is 70.6 Å². The average molecular weight is 292 g/mol. The number of hydrogen-bond donors (Lipinski definition) is 1. The van der Waals surface area contributed by atoms with E-state index < -0.39 is 0 Å². The van der Waals surface area contributed by atoms with Crippen molar-refractivity contribution in [3.8, 4) is 5.88 Å². The Morgan fingerprint density at radius 2 is 2.19 bits per heavy atom. The molecule has 1 heterocycles. The maximum Gasteiger partial charge on any atom is 0.218 e. The molecular weight excluding hydrogens is 267 g/mol. The zero-order valence-electron chi connectivity index (χ0n) is 12.8. The smallest absolute Gasteiger partial charge is 0.218 e. The van der Waals surface area contributed by atoms with Gasteiger partial charge in [0.25, 0.3) is 0 Å². The first-order valence-corrected chi connectivity index (χ1v) is 8.29. The molecule has 3 nitrogen and oxygen atoms in total. The van der Waals surface area contributed by atoms with Crippen LogP contribution < -0.4 is 10.1 Å². The maximum atomic E-state index is 13.4. The van der Waals surface area contributed by atoms with Crippen molar-refractivity contribution in [3.63, 3.8) is 0 Å². The van der Waals surface area contributed by atoms with Crippen LogP contribution in [0.25, 0.3) is 0 Å². The number of ether oxygens (including phenoxy) is 1. The largest absolute Gasteiger partial charge is 0.474 e. The molecule has 2 fully saturated rings. The topological polar surface area (TPSA) is 34.1 Å². The first kappa shape index (κ1) is 14.8. The minimum Gasteiger partial charge on any atom is -0.474 e. The van der Waals surface area contributed by atoms with E-state index in [0.717, 1.165) is 24.3 Å². The molecular formula is C17H25FN2O. The summed E-state index contributed by atoms with van der Waals surface area (Å²) in [6.07, 6.45) is 9.88. The summed E-state index contributed by atoms with van der Waals surface area (Å²) in [6.45, 7) is 2.89. The third kappa shape index (κ3) is 4.16. The van der Waals surface area contributed by atoms with Gasteiger partial charge in [-0.15, -0.1) is 0 Å². The molecule has 2 saturated carbocycles. The lowest BCUT2D eigenvalue weighted by Gasteiger charge is -2.29. The third-order valence-corrected chi connectivity index (χ3v) is 4.64. The Kier molecular flexibility index (Phi) is 4.73. The van der Waals surface area contributed by atoms with Crippen molar-refractivity contribution >= 4 is 0 Å². The normalized spacial score (nSPS) is 25.8. The lowest BCUT2D eigenvalue weighted by molar-refractivity contribution is 0.115. The van der Waals surface area contributed by atoms with E-state index in [2.05, 4.69) is 17.2 Å². The first-order valence-electron chi connectivity index (χ1n) is 8.29. The van der Waals surface area contributed by atoms with Crippen molar-refractivity contribution < 1.29 is 9.13 Å². The van der Waals surface area contributed by atoms with Gasteiger partial charge in [0.2, 0.25) is 5.88 Å². The number of nitrogens with zero attached hydrogens (tertiary/aromatic N) is 1. The highest BCUT2D eigenvalue weighted by Gasteiger charge is 2.24. The third-order valence-electron chi connectivity index (χ3n) is 4.64. The van der Waals surface area contributed by atoms with E-state index in [1.54, 1.807) is 6.07 Å². The Morgan fingerprint density at radius 3 is 2.95 bits per heavy atom. The molecule has 0 saturated heterocycles. The van der Waals surface area contributed by atoms with Crippen molar-refractivity contribution in [1.29, 1.82) is 0 Å². The number of rotatable bonds is 6. The number of pyridine rings is 1. The van der Waals surface area contributed by atoms with Gasteiger partial charge in [0.15, 0.2) is 0 Å². The van der Waals surface area contributed by atoms with Crippen molar-refractivity contribution in [1.82, 2.24) is 10.3 Å². The molecule has 1 N–H and O–H groups in total. The fourth-order valence-corrected chi connectivity index (χ4v) is 3.12. The number of halogens is 1. The van der Waals surface area contributed by atoms with E-state index in [4.69, 9.17) is 4.74 Å². The highest BCUT2D eigenvalue weighted by atomic mass is 19.1. The van der Waals surface area contributed by atoms with E-state index in [0.29, 0.717) is 18.5 Å². The molecule has 21 heavy (non-hydrogen) atoms. The van der Waals surface area contributed by atoms with Gasteiger partial charge in [-0.05, 0) is 44.1 Å². The fourth-order valence-electron chi connectivity index (χ4n) is 3.12. The molecule has 116 valence electrons. The lowest BCUT2D eigenvalue weighted by atomic mass is 9.85. The van der Waals surface area contributed by atoms with Gasteiger partial charge >= 0.3 is 0 Å². The van der Waals surface area contributed by atoms with Crippen LogP contribution in [0.15, 0.2) is 12.3 Å². The summed E-state index contributed by atoms with van der Waals surface area (Å²) in [5.74, 6) is 1.09. The summed E-state index contributed by atoms with van der Waals surface area (Å²) < 4.78 is 19.5. The molecule has 2 atom stereocenters. The average Bonchev–Trinajstić information content (AvgIpc) is 3.32. The van der Waals surface area contributed by atoms with Crippen molar-refractivity contribution in [2.75, 3.05) is 0 Å². The van der Waals surface area contributed by atoms with Gasteiger partial charge in [0.1, 0.15) is 11.9 Å². The van der Waals surface area contributed by atoms with Crippen LogP contribution in [0.4, 0.5) is 4.39 Å². The van der Waals surface area contributed by atoms with Gasteiger partial charge < -0.3 is 10.1 Å². The monoisotopic (exact) mass is 292 g/mol. The van der Waals surface area contributed by atoms with Crippen LogP contribution in [0.3, 0.4) is 0 Å². The minimum absolute atomic E-state index is 0.237. The molecule has 0 radical (unpaired) electrons. The van der Waals surface area contributed by atoms with Crippen molar-refractivity contribution in [2.24, 2.45) is 5.92 Å². The van der Waals surface area contributed by atoms with Crippen molar-refractivity contribution in [3.05, 3.63) is 23.6 Å². The molecule has 2 aliphatic carbocycles. The molecule has 2 unspecified atom stereocenters. The van der Waals surface area contributed by atoms with Gasteiger partial charge in [-0.25, -0.2) is 9.37 Å². The zero-order chi connectivity index (χ0) is 14.7. The van der Waals surface area contributed by atoms with Crippen LogP contribution >= 0.6 is 0 Å². The van der Waals surface area contributed by atoms with Crippen LogP contribution in [0.1, 0.15) is 57.4 Å². The second-order valence-corrected chi connectivity index (χ2v) is 6.45. The second kappa shape index (κ2) is 6.73. The van der Waals surface area contributed by atoms with Crippen LogP contribution in [-0.2, 0) is 6.54 Å². The zero-order valence-corrected chi connectivity index (χ0v) is 12.8. The predicted octanol–water partition coefficient (Wildman–Crippen LogP) is 3.82. The number of aromatic nitrogens is 1. The molecule has 0 aliphatic heterocycles. The molecule has 0 spiro atoms. The quantitative estimate of drug-likeness (QED) is 0.865. The van der Waals surface area contributed by atoms with Crippen LogP contribution in [0.2, 0.25) is 0 Å². The molecule has 0 amide bonds. The van der Waals surface area contributed by atoms with Gasteiger partial charge in [0, 0.05) is 18.2 Å². The van der Waals surface area contributed by atoms with Gasteiger partial charge in [-0.2, -0.15) is 0 Å². The summed E-state index contributed by atoms with van der Waals surface area (Å²) in [5, 5.41) is 3.41. The fraction of sp³-hybridized carbons (Fsp3) is 0.706. The van der Waals surface area contributed by atoms with E-state index in [1.807, 2.05) is 0 Å². The number of nitrogens with one attached hydrogen (secondary N) is 1. The Labute approximate surface area is 126 Å². The maximum absolute atomic E-state index is 13.4. The summed E-state index contributed by atoms with van der Waals surface area (Å²) in [4.78, 5) is 4.18. The minimum atomic E-state index is -0.287. The Bertz CT molecular complexity index is 476. The van der Waals surface area contributed by atoms with E-state index in [1.165, 1.54) is 38.3 Å². The first-order chi connectivity index (χ1) is 10.2. The summed E-state index contributed by atoms with van der Waals surface area (Å²) in [5.41, 5.74) is 0.848. The summed E-state index contributed by atoms with van der Waals surface area (Å²) in [7, 11) is 0. The molecule has 3 rings (SSSR count). The predicted molar refractivity (Wildman–Crippen MR) is 80.7 cm³/mol. The second-order valence-electron chi connectivity index (χ2n) is 6.45. The van der Waals surface area contributed by atoms with E-state index >= 15 is 0 Å². The Balaban J connectivity index is 1.65. The van der Waals surface area contributed by atoms with Gasteiger partial charge in [-0.1, -0.05) is 19.8 Å². The molecule has 0 aromatic carbocycles. The Morgan fingerprint density at radius 1 is 1.33 bits per heavy atom. The molecule has 4 heteroatoms. The SMILES string of the molecule is CCC1CCCC(Oc2ncc(F)cc2CNC2CC2)C1.